The first-order valence-corrected chi connectivity index (χ1v) is 14.0. The van der Waals surface area contributed by atoms with Gasteiger partial charge in [0, 0.05) is 70.4 Å². The van der Waals surface area contributed by atoms with E-state index in [1.807, 2.05) is 81.1 Å². The van der Waals surface area contributed by atoms with Crippen LogP contribution in [0.1, 0.15) is 90.0 Å². The summed E-state index contributed by atoms with van der Waals surface area (Å²) in [7, 11) is 5.17. The molecule has 0 aliphatic carbocycles. The molecule has 0 fully saturated rings. The van der Waals surface area contributed by atoms with Gasteiger partial charge in [-0.1, -0.05) is 69.2 Å². The van der Waals surface area contributed by atoms with E-state index < -0.39 is 0 Å². The smallest absolute Gasteiger partial charge is 0.225 e. The van der Waals surface area contributed by atoms with Crippen LogP contribution in [-0.2, 0) is 24.0 Å². The van der Waals surface area contributed by atoms with Crippen molar-refractivity contribution in [2.45, 2.75) is 90.0 Å². The number of amides is 5. The Hall–Kier alpha value is -2.65. The first-order valence-electron chi connectivity index (χ1n) is 14.0. The van der Waals surface area contributed by atoms with Crippen molar-refractivity contribution in [3.8, 4) is 0 Å². The van der Waals surface area contributed by atoms with Gasteiger partial charge in [0.05, 0.1) is 0 Å². The summed E-state index contributed by atoms with van der Waals surface area (Å²) < 4.78 is 0. The lowest BCUT2D eigenvalue weighted by Gasteiger charge is -2.20. The SMILES string of the molecule is CC(C)C(=O)N(C)C.CC(C)C(N)=O.CCN(CC)C(=O)C(C)C.CCNC(=O)C(C)C.CNC(=O)C(C)C. The number of nitrogens with zero attached hydrogens (tertiary/aromatic N) is 2. The average molecular weight is 562 g/mol. The lowest BCUT2D eigenvalue weighted by Crippen LogP contribution is -2.33. The van der Waals surface area contributed by atoms with Crippen molar-refractivity contribution in [2.24, 2.45) is 35.3 Å². The summed E-state index contributed by atoms with van der Waals surface area (Å²) in [6.07, 6.45) is 0. The number of nitrogens with one attached hydrogen (secondary N) is 2. The Morgan fingerprint density at radius 3 is 1.00 bits per heavy atom. The monoisotopic (exact) mass is 561 g/mol. The number of primary amides is 1. The molecular formula is C29H63N5O5. The van der Waals surface area contributed by atoms with E-state index >= 15 is 0 Å². The molecule has 0 saturated carbocycles. The summed E-state index contributed by atoms with van der Waals surface area (Å²) in [5.41, 5.74) is 4.80. The summed E-state index contributed by atoms with van der Waals surface area (Å²) in [5, 5.41) is 5.23. The Balaban J connectivity index is -0.000000125. The van der Waals surface area contributed by atoms with Crippen molar-refractivity contribution in [3.63, 3.8) is 0 Å². The van der Waals surface area contributed by atoms with Gasteiger partial charge in [0.15, 0.2) is 0 Å². The van der Waals surface area contributed by atoms with Gasteiger partial charge in [-0.2, -0.15) is 0 Å². The minimum atomic E-state index is -0.241. The Morgan fingerprint density at radius 2 is 0.949 bits per heavy atom. The van der Waals surface area contributed by atoms with Gasteiger partial charge >= 0.3 is 0 Å². The summed E-state index contributed by atoms with van der Waals surface area (Å²) in [6, 6.07) is 0. The molecule has 10 heteroatoms. The van der Waals surface area contributed by atoms with E-state index in [-0.39, 0.29) is 59.1 Å². The lowest BCUT2D eigenvalue weighted by atomic mass is 10.2. The van der Waals surface area contributed by atoms with Gasteiger partial charge in [-0.15, -0.1) is 0 Å². The van der Waals surface area contributed by atoms with Crippen molar-refractivity contribution < 1.29 is 24.0 Å². The summed E-state index contributed by atoms with van der Waals surface area (Å²) >= 11 is 0. The Kier molecular flexibility index (Phi) is 33.6. The van der Waals surface area contributed by atoms with E-state index in [2.05, 4.69) is 10.6 Å². The molecule has 0 aromatic rings. The highest BCUT2D eigenvalue weighted by molar-refractivity contribution is 5.78. The number of carbonyl (C=O) groups is 5. The second-order valence-electron chi connectivity index (χ2n) is 10.4. The van der Waals surface area contributed by atoms with Crippen LogP contribution in [0.3, 0.4) is 0 Å². The molecule has 0 aromatic heterocycles. The first-order chi connectivity index (χ1) is 17.7. The predicted molar refractivity (Wildman–Crippen MR) is 163 cm³/mol. The third-order valence-corrected chi connectivity index (χ3v) is 4.72. The summed E-state index contributed by atoms with van der Waals surface area (Å²) in [4.78, 5) is 56.4. The molecule has 0 saturated heterocycles. The molecule has 0 radical (unpaired) electrons. The number of rotatable bonds is 8. The van der Waals surface area contributed by atoms with E-state index in [0.29, 0.717) is 0 Å². The summed E-state index contributed by atoms with van der Waals surface area (Å²) in [6.45, 7) is 27.0. The van der Waals surface area contributed by atoms with Crippen molar-refractivity contribution in [1.82, 2.24) is 20.4 Å². The van der Waals surface area contributed by atoms with Crippen LogP contribution < -0.4 is 16.4 Å². The fourth-order valence-corrected chi connectivity index (χ4v) is 2.08. The maximum absolute atomic E-state index is 11.2. The molecule has 0 spiro atoms. The third-order valence-electron chi connectivity index (χ3n) is 4.72. The molecule has 0 unspecified atom stereocenters. The zero-order valence-corrected chi connectivity index (χ0v) is 28.0. The highest BCUT2D eigenvalue weighted by Gasteiger charge is 2.12. The quantitative estimate of drug-likeness (QED) is 0.416. The molecule has 0 bridgehead atoms. The predicted octanol–water partition coefficient (Wildman–Crippen LogP) is 3.54. The minimum absolute atomic E-state index is 0.00926. The van der Waals surface area contributed by atoms with Crippen LogP contribution in [0.15, 0.2) is 0 Å². The number of hydrogen-bond acceptors (Lipinski definition) is 5. The van der Waals surface area contributed by atoms with Gasteiger partial charge in [0.1, 0.15) is 0 Å². The average Bonchev–Trinajstić information content (AvgIpc) is 2.84. The number of nitrogens with two attached hydrogens (primary N) is 1. The van der Waals surface area contributed by atoms with Crippen molar-refractivity contribution in [2.75, 3.05) is 40.8 Å². The van der Waals surface area contributed by atoms with Crippen molar-refractivity contribution >= 4 is 29.5 Å². The van der Waals surface area contributed by atoms with Crippen LogP contribution in [-0.4, -0.2) is 80.1 Å². The van der Waals surface area contributed by atoms with E-state index in [0.717, 1.165) is 19.6 Å². The van der Waals surface area contributed by atoms with Gasteiger partial charge in [-0.3, -0.25) is 24.0 Å². The van der Waals surface area contributed by atoms with E-state index in [9.17, 15) is 24.0 Å². The van der Waals surface area contributed by atoms with Gasteiger partial charge in [0.25, 0.3) is 0 Å². The molecule has 5 amide bonds. The molecule has 0 rings (SSSR count). The maximum atomic E-state index is 11.2. The zero-order valence-electron chi connectivity index (χ0n) is 28.0. The molecule has 39 heavy (non-hydrogen) atoms. The zero-order chi connectivity index (χ0) is 32.5. The van der Waals surface area contributed by atoms with Crippen LogP contribution in [0.4, 0.5) is 0 Å². The Morgan fingerprint density at radius 1 is 0.615 bits per heavy atom. The topological polar surface area (TPSA) is 142 Å². The molecule has 0 heterocycles. The van der Waals surface area contributed by atoms with Crippen LogP contribution in [0.5, 0.6) is 0 Å². The van der Waals surface area contributed by atoms with Gasteiger partial charge in [-0.25, -0.2) is 0 Å². The normalized spacial score (nSPS) is 9.56. The molecule has 0 atom stereocenters. The molecule has 234 valence electrons. The largest absolute Gasteiger partial charge is 0.369 e. The molecule has 0 aliphatic heterocycles. The van der Waals surface area contributed by atoms with E-state index in [1.54, 1.807) is 39.9 Å². The fourth-order valence-electron chi connectivity index (χ4n) is 2.08. The van der Waals surface area contributed by atoms with Crippen molar-refractivity contribution in [1.29, 1.82) is 0 Å². The molecule has 0 aliphatic rings. The summed E-state index contributed by atoms with van der Waals surface area (Å²) in [5.74, 6) is 0.923. The van der Waals surface area contributed by atoms with Gasteiger partial charge in [0.2, 0.25) is 29.5 Å². The highest BCUT2D eigenvalue weighted by atomic mass is 16.2. The van der Waals surface area contributed by atoms with Crippen LogP contribution in [0.2, 0.25) is 0 Å². The second kappa shape index (κ2) is 28.4. The maximum Gasteiger partial charge on any atom is 0.225 e. The number of carbonyl (C=O) groups excluding carboxylic acids is 5. The lowest BCUT2D eigenvalue weighted by molar-refractivity contribution is -0.134. The molecule has 0 aromatic carbocycles. The van der Waals surface area contributed by atoms with Gasteiger partial charge < -0.3 is 26.2 Å². The Bertz CT molecular complexity index is 646. The van der Waals surface area contributed by atoms with Crippen LogP contribution in [0, 0.1) is 29.6 Å². The first kappa shape index (κ1) is 46.2. The van der Waals surface area contributed by atoms with Crippen LogP contribution >= 0.6 is 0 Å². The van der Waals surface area contributed by atoms with Crippen LogP contribution in [0.25, 0.3) is 0 Å². The van der Waals surface area contributed by atoms with Crippen molar-refractivity contribution in [3.05, 3.63) is 0 Å². The third kappa shape index (κ3) is 33.3. The molecule has 10 nitrogen and oxygen atoms in total. The second-order valence-corrected chi connectivity index (χ2v) is 10.4. The standard InChI is InChI=1S/C8H17NO.2C6H13NO.C5H11NO.C4H9NO/c1-5-9(6-2)8(10)7(3)4;1-5(2)6(8)7(3)4;1-4-7-6(8)5(2)3;1-4(2)5(7)6-3;1-3(2)4(5)6/h7H,5-6H2,1-4H3;5H,1-4H3;5H,4H2,1-3H3,(H,7,8);4H,1-3H3,(H,6,7);3H,1-2H3,(H2,5,6). The minimum Gasteiger partial charge on any atom is -0.369 e. The fraction of sp³-hybridized carbons (Fsp3) is 0.828. The Labute approximate surface area is 240 Å². The number of hydrogen-bond donors (Lipinski definition) is 3. The van der Waals surface area contributed by atoms with E-state index in [4.69, 9.17) is 5.73 Å². The highest BCUT2D eigenvalue weighted by Crippen LogP contribution is 1.99. The molecular weight excluding hydrogens is 498 g/mol. The van der Waals surface area contributed by atoms with Gasteiger partial charge in [-0.05, 0) is 20.8 Å². The van der Waals surface area contributed by atoms with E-state index in [1.165, 1.54) is 0 Å². The molecule has 4 N–H and O–H groups in total.